The Morgan fingerprint density at radius 2 is 1.87 bits per heavy atom. The molecule has 0 spiro atoms. The number of aromatic amines is 1. The number of carbonyl (C=O) groups is 1. The summed E-state index contributed by atoms with van der Waals surface area (Å²) in [6.45, 7) is 0.811. The first kappa shape index (κ1) is 19.3. The van der Waals surface area contributed by atoms with Crippen LogP contribution in [0.2, 0.25) is 0 Å². The van der Waals surface area contributed by atoms with E-state index in [0.717, 1.165) is 10.1 Å². The van der Waals surface area contributed by atoms with Gasteiger partial charge in [-0.1, -0.05) is 24.3 Å². The van der Waals surface area contributed by atoms with E-state index >= 15 is 0 Å². The van der Waals surface area contributed by atoms with E-state index in [1.807, 2.05) is 12.1 Å². The summed E-state index contributed by atoms with van der Waals surface area (Å²) < 4.78 is 8.07. The predicted molar refractivity (Wildman–Crippen MR) is 109 cm³/mol. The van der Waals surface area contributed by atoms with Crippen molar-refractivity contribution in [2.75, 3.05) is 6.61 Å². The Morgan fingerprint density at radius 1 is 1.07 bits per heavy atom. The van der Waals surface area contributed by atoms with Crippen molar-refractivity contribution in [3.05, 3.63) is 93.2 Å². The Kier molecular flexibility index (Phi) is 5.51. The minimum Gasteiger partial charge on any atom is -0.462 e. The fourth-order valence-corrected chi connectivity index (χ4v) is 3.12. The fourth-order valence-electron chi connectivity index (χ4n) is 3.12. The van der Waals surface area contributed by atoms with Crippen molar-refractivity contribution >= 4 is 16.9 Å². The summed E-state index contributed by atoms with van der Waals surface area (Å²) in [5, 5.41) is 4.48. The van der Waals surface area contributed by atoms with Crippen molar-refractivity contribution in [1.82, 2.24) is 24.3 Å². The van der Waals surface area contributed by atoms with E-state index in [4.69, 9.17) is 4.74 Å². The molecule has 9 heteroatoms. The Bertz CT molecular complexity index is 1270. The second-order valence-corrected chi connectivity index (χ2v) is 6.71. The number of carbonyl (C=O) groups excluding carboxylic acids is 1. The molecular formula is C21H19N5O4. The molecule has 1 N–H and O–H groups in total. The van der Waals surface area contributed by atoms with Crippen molar-refractivity contribution < 1.29 is 9.53 Å². The Hall–Kier alpha value is -4.01. The van der Waals surface area contributed by atoms with E-state index < -0.39 is 11.7 Å². The van der Waals surface area contributed by atoms with Crippen molar-refractivity contribution in [3.63, 3.8) is 0 Å². The van der Waals surface area contributed by atoms with Crippen molar-refractivity contribution in [2.45, 2.75) is 19.5 Å². The molecule has 0 bridgehead atoms. The molecule has 152 valence electrons. The summed E-state index contributed by atoms with van der Waals surface area (Å²) in [5.41, 5.74) is 1.07. The molecule has 9 nitrogen and oxygen atoms in total. The van der Waals surface area contributed by atoms with Crippen LogP contribution in [0.5, 0.6) is 0 Å². The zero-order valence-electron chi connectivity index (χ0n) is 16.0. The van der Waals surface area contributed by atoms with Crippen LogP contribution in [0.15, 0.2) is 70.8 Å². The fraction of sp³-hybridized carbons (Fsp3) is 0.190. The lowest BCUT2D eigenvalue weighted by molar-refractivity contribution is 0.0495. The topological polar surface area (TPSA) is 112 Å². The lowest BCUT2D eigenvalue weighted by Gasteiger charge is -2.08. The molecule has 30 heavy (non-hydrogen) atoms. The van der Waals surface area contributed by atoms with Gasteiger partial charge in [-0.3, -0.25) is 9.36 Å². The summed E-state index contributed by atoms with van der Waals surface area (Å²) >= 11 is 0. The molecule has 0 aliphatic heterocycles. The van der Waals surface area contributed by atoms with Gasteiger partial charge in [0, 0.05) is 6.54 Å². The molecule has 0 unspecified atom stereocenters. The molecule has 2 aromatic heterocycles. The summed E-state index contributed by atoms with van der Waals surface area (Å²) in [6, 6.07) is 13.9. The predicted octanol–water partition coefficient (Wildman–Crippen LogP) is 1.58. The summed E-state index contributed by atoms with van der Waals surface area (Å²) in [7, 11) is 0. The number of esters is 1. The van der Waals surface area contributed by atoms with Crippen LogP contribution in [-0.4, -0.2) is 36.9 Å². The summed E-state index contributed by atoms with van der Waals surface area (Å²) in [6.07, 6.45) is 3.43. The van der Waals surface area contributed by atoms with E-state index in [9.17, 15) is 14.4 Å². The maximum atomic E-state index is 12.5. The molecule has 4 aromatic rings. The highest BCUT2D eigenvalue weighted by molar-refractivity contribution is 5.89. The van der Waals surface area contributed by atoms with Crippen molar-refractivity contribution in [3.8, 4) is 0 Å². The van der Waals surface area contributed by atoms with Crippen LogP contribution in [0, 0.1) is 0 Å². The van der Waals surface area contributed by atoms with Gasteiger partial charge in [-0.15, -0.1) is 0 Å². The van der Waals surface area contributed by atoms with Gasteiger partial charge in [-0.05, 0) is 36.2 Å². The molecule has 0 aliphatic carbocycles. The lowest BCUT2D eigenvalue weighted by Crippen LogP contribution is -2.35. The standard InChI is InChI=1S/C21H19N5O4/c27-19-17-4-1-2-5-18(17)24-21(29)26(19)10-3-11-30-20(28)16-8-6-15(7-9-16)12-25-14-22-13-23-25/h1-2,4-9,13-14H,3,10-12H2,(H,24,29). The number of aromatic nitrogens is 5. The zero-order chi connectivity index (χ0) is 20.9. The van der Waals surface area contributed by atoms with Crippen LogP contribution in [0.3, 0.4) is 0 Å². The highest BCUT2D eigenvalue weighted by Gasteiger charge is 2.09. The Balaban J connectivity index is 1.32. The van der Waals surface area contributed by atoms with Gasteiger partial charge < -0.3 is 9.72 Å². The highest BCUT2D eigenvalue weighted by atomic mass is 16.5. The molecule has 0 saturated heterocycles. The van der Waals surface area contributed by atoms with Gasteiger partial charge in [0.15, 0.2) is 0 Å². The minimum absolute atomic E-state index is 0.0955. The van der Waals surface area contributed by atoms with Gasteiger partial charge in [-0.25, -0.2) is 19.3 Å². The third-order valence-corrected chi connectivity index (χ3v) is 4.65. The number of fused-ring (bicyclic) bond motifs is 1. The van der Waals surface area contributed by atoms with Crippen LogP contribution in [0.25, 0.3) is 10.9 Å². The van der Waals surface area contributed by atoms with E-state index in [1.165, 1.54) is 6.33 Å². The van der Waals surface area contributed by atoms with Gasteiger partial charge in [0.25, 0.3) is 5.56 Å². The van der Waals surface area contributed by atoms with Crippen LogP contribution >= 0.6 is 0 Å². The summed E-state index contributed by atoms with van der Waals surface area (Å²) in [4.78, 5) is 43.4. The zero-order valence-corrected chi connectivity index (χ0v) is 16.0. The number of hydrogen-bond donors (Lipinski definition) is 1. The number of para-hydroxylation sites is 1. The molecule has 0 radical (unpaired) electrons. The van der Waals surface area contributed by atoms with Gasteiger partial charge >= 0.3 is 11.7 Å². The maximum absolute atomic E-state index is 12.5. The molecule has 0 atom stereocenters. The molecule has 4 rings (SSSR count). The van der Waals surface area contributed by atoms with Crippen LogP contribution < -0.4 is 11.2 Å². The molecule has 2 heterocycles. The molecule has 2 aromatic carbocycles. The van der Waals surface area contributed by atoms with Gasteiger partial charge in [-0.2, -0.15) is 5.10 Å². The molecule has 0 aliphatic rings. The number of nitrogens with one attached hydrogen (secondary N) is 1. The molecule has 0 amide bonds. The lowest BCUT2D eigenvalue weighted by atomic mass is 10.1. The van der Waals surface area contributed by atoms with E-state index in [1.54, 1.807) is 47.4 Å². The van der Waals surface area contributed by atoms with Crippen molar-refractivity contribution in [2.24, 2.45) is 0 Å². The number of ether oxygens (including phenoxy) is 1. The Labute approximate surface area is 170 Å². The van der Waals surface area contributed by atoms with Gasteiger partial charge in [0.2, 0.25) is 0 Å². The first-order valence-corrected chi connectivity index (χ1v) is 9.42. The maximum Gasteiger partial charge on any atom is 0.338 e. The number of rotatable bonds is 7. The number of benzene rings is 2. The quantitative estimate of drug-likeness (QED) is 0.369. The van der Waals surface area contributed by atoms with Crippen LogP contribution in [0.1, 0.15) is 22.3 Å². The highest BCUT2D eigenvalue weighted by Crippen LogP contribution is 2.08. The van der Waals surface area contributed by atoms with E-state index in [0.29, 0.717) is 29.4 Å². The van der Waals surface area contributed by atoms with Crippen molar-refractivity contribution in [1.29, 1.82) is 0 Å². The average Bonchev–Trinajstić information content (AvgIpc) is 3.26. The molecule has 0 fully saturated rings. The second kappa shape index (κ2) is 8.56. The largest absolute Gasteiger partial charge is 0.462 e. The third kappa shape index (κ3) is 4.19. The molecular weight excluding hydrogens is 386 g/mol. The molecule has 0 saturated carbocycles. The van der Waals surface area contributed by atoms with Gasteiger partial charge in [0.1, 0.15) is 12.7 Å². The SMILES string of the molecule is O=C(OCCCn1c(=O)[nH]c2ccccc2c1=O)c1ccc(Cn2cncn2)cc1. The number of hydrogen-bond acceptors (Lipinski definition) is 6. The monoisotopic (exact) mass is 405 g/mol. The van der Waals surface area contributed by atoms with Crippen LogP contribution in [0.4, 0.5) is 0 Å². The van der Waals surface area contributed by atoms with Crippen LogP contribution in [-0.2, 0) is 17.8 Å². The average molecular weight is 405 g/mol. The van der Waals surface area contributed by atoms with E-state index in [-0.39, 0.29) is 18.7 Å². The number of nitrogens with zero attached hydrogens (tertiary/aromatic N) is 4. The normalized spacial score (nSPS) is 10.9. The smallest absolute Gasteiger partial charge is 0.338 e. The van der Waals surface area contributed by atoms with E-state index in [2.05, 4.69) is 15.1 Å². The summed E-state index contributed by atoms with van der Waals surface area (Å²) in [5.74, 6) is -0.456. The van der Waals surface area contributed by atoms with Gasteiger partial charge in [0.05, 0.1) is 29.6 Å². The second-order valence-electron chi connectivity index (χ2n) is 6.71. The first-order chi connectivity index (χ1) is 14.6. The third-order valence-electron chi connectivity index (χ3n) is 4.65. The minimum atomic E-state index is -0.479. The Morgan fingerprint density at radius 3 is 2.63 bits per heavy atom. The first-order valence-electron chi connectivity index (χ1n) is 9.42. The number of H-pyrrole nitrogens is 1.